The Labute approximate surface area is 396 Å². The molecule has 0 aliphatic carbocycles. The zero-order valence-corrected chi connectivity index (χ0v) is 39.4. The zero-order chi connectivity index (χ0) is 46.6. The van der Waals surface area contributed by atoms with E-state index in [1.165, 1.54) is 57.4 Å². The van der Waals surface area contributed by atoms with Crippen molar-refractivity contribution in [1.29, 1.82) is 0 Å². The van der Waals surface area contributed by atoms with Crippen LogP contribution in [-0.4, -0.2) is 84.1 Å². The van der Waals surface area contributed by atoms with E-state index >= 15 is 0 Å². The summed E-state index contributed by atoms with van der Waals surface area (Å²) in [5.74, 6) is 1.07. The molecule has 1 spiro atoms. The Hall–Kier alpha value is -4.53. The molecule has 5 heterocycles. The number of phenols is 1. The van der Waals surface area contributed by atoms with Gasteiger partial charge < -0.3 is 44.1 Å². The van der Waals surface area contributed by atoms with Gasteiger partial charge in [0.25, 0.3) is 0 Å². The molecule has 8 rings (SSSR count). The van der Waals surface area contributed by atoms with Gasteiger partial charge in [-0.3, -0.25) is 4.68 Å². The fourth-order valence-corrected chi connectivity index (χ4v) is 10.6. The van der Waals surface area contributed by atoms with E-state index in [0.29, 0.717) is 46.1 Å². The van der Waals surface area contributed by atoms with Crippen molar-refractivity contribution in [1.82, 2.24) is 15.0 Å². The van der Waals surface area contributed by atoms with Crippen LogP contribution in [0.15, 0.2) is 66.9 Å². The number of aromatic hydroxyl groups is 1. The minimum absolute atomic E-state index is 0.00470. The molecule has 2 saturated heterocycles. The minimum atomic E-state index is -1.21. The maximum atomic E-state index is 13.1. The molecule has 4 N–H and O–H groups in total. The number of phenolic OH excluding ortho intramolecular Hbond substituents is 1. The van der Waals surface area contributed by atoms with E-state index in [4.69, 9.17) is 23.7 Å². The molecule has 1 aromatic heterocycles. The van der Waals surface area contributed by atoms with E-state index in [0.717, 1.165) is 95.6 Å². The highest BCUT2D eigenvalue weighted by Crippen LogP contribution is 2.57. The SMILES string of the molecule is CCCCCC[C@H](O)CCC[C@H](O)[C@H]1CC[C@@H]([C@H]2CC[C@@H]([C@H](O)CCCCCCCCCCCn3cc(COc4ccc5c(c4)Oc4cc(O)ccc4C54OC(=O)c5ccccc54)nn3)O2)O1. The highest BCUT2D eigenvalue weighted by molar-refractivity contribution is 5.97. The van der Waals surface area contributed by atoms with Crippen molar-refractivity contribution in [2.24, 2.45) is 0 Å². The lowest BCUT2D eigenvalue weighted by atomic mass is 9.77. The molecule has 4 aliphatic heterocycles. The second-order valence-electron chi connectivity index (χ2n) is 19.4. The summed E-state index contributed by atoms with van der Waals surface area (Å²) in [5.41, 5.74) is 2.04. The lowest BCUT2D eigenvalue weighted by molar-refractivity contribution is -0.110. The normalized spacial score (nSPS) is 23.1. The largest absolute Gasteiger partial charge is 0.508 e. The van der Waals surface area contributed by atoms with Crippen molar-refractivity contribution in [3.8, 4) is 23.0 Å². The summed E-state index contributed by atoms with van der Waals surface area (Å²) in [4.78, 5) is 13.1. The number of aliphatic hydroxyl groups is 3. The van der Waals surface area contributed by atoms with Crippen molar-refractivity contribution in [2.75, 3.05) is 0 Å². The average molecular weight is 924 g/mol. The first kappa shape index (κ1) is 48.9. The molecule has 13 heteroatoms. The summed E-state index contributed by atoms with van der Waals surface area (Å²) >= 11 is 0. The van der Waals surface area contributed by atoms with Gasteiger partial charge in [-0.15, -0.1) is 5.10 Å². The van der Waals surface area contributed by atoms with E-state index in [1.54, 1.807) is 24.3 Å². The quantitative estimate of drug-likeness (QED) is 0.0330. The summed E-state index contributed by atoms with van der Waals surface area (Å²) in [5, 5.41) is 50.9. The number of aliphatic hydroxyl groups excluding tert-OH is 3. The van der Waals surface area contributed by atoms with Gasteiger partial charge in [-0.05, 0) is 94.5 Å². The van der Waals surface area contributed by atoms with Crippen molar-refractivity contribution < 1.29 is 48.9 Å². The molecule has 0 saturated carbocycles. The zero-order valence-electron chi connectivity index (χ0n) is 39.4. The number of hydrogen-bond donors (Lipinski definition) is 4. The molecule has 3 aromatic carbocycles. The molecule has 1 unspecified atom stereocenters. The van der Waals surface area contributed by atoms with Gasteiger partial charge in [0.15, 0.2) is 5.60 Å². The van der Waals surface area contributed by atoms with E-state index in [9.17, 15) is 25.2 Å². The monoisotopic (exact) mass is 924 g/mol. The van der Waals surface area contributed by atoms with E-state index in [-0.39, 0.29) is 42.9 Å². The Morgan fingerprint density at radius 2 is 1.31 bits per heavy atom. The number of ether oxygens (including phenoxy) is 5. The first-order valence-corrected chi connectivity index (χ1v) is 25.6. The number of nitrogens with zero attached hydrogens (tertiary/aromatic N) is 3. The molecule has 67 heavy (non-hydrogen) atoms. The van der Waals surface area contributed by atoms with Gasteiger partial charge >= 0.3 is 5.97 Å². The predicted octanol–water partition coefficient (Wildman–Crippen LogP) is 10.4. The third kappa shape index (κ3) is 12.2. The molecule has 8 atom stereocenters. The number of carbonyl (C=O) groups excluding carboxylic acids is 1. The van der Waals surface area contributed by atoms with Crippen molar-refractivity contribution in [3.05, 3.63) is 94.8 Å². The summed E-state index contributed by atoms with van der Waals surface area (Å²) in [7, 11) is 0. The number of esters is 1. The van der Waals surface area contributed by atoms with Crippen LogP contribution in [0.1, 0.15) is 181 Å². The van der Waals surface area contributed by atoms with Gasteiger partial charge in [-0.1, -0.05) is 107 Å². The first-order valence-electron chi connectivity index (χ1n) is 25.6. The summed E-state index contributed by atoms with van der Waals surface area (Å²) < 4.78 is 33.1. The van der Waals surface area contributed by atoms with Crippen LogP contribution in [0, 0.1) is 0 Å². The summed E-state index contributed by atoms with van der Waals surface area (Å²) in [6, 6.07) is 17.7. The third-order valence-corrected chi connectivity index (χ3v) is 14.4. The maximum absolute atomic E-state index is 13.1. The fraction of sp³-hybridized carbons (Fsp3) is 0.611. The third-order valence-electron chi connectivity index (χ3n) is 14.4. The van der Waals surface area contributed by atoms with Crippen LogP contribution in [-0.2, 0) is 33.0 Å². The van der Waals surface area contributed by atoms with Gasteiger partial charge in [0, 0.05) is 35.4 Å². The van der Waals surface area contributed by atoms with Gasteiger partial charge in [-0.2, -0.15) is 0 Å². The van der Waals surface area contributed by atoms with Crippen molar-refractivity contribution in [3.63, 3.8) is 0 Å². The topological polar surface area (TPSA) is 175 Å². The smallest absolute Gasteiger partial charge is 0.340 e. The number of rotatable bonds is 27. The van der Waals surface area contributed by atoms with Crippen molar-refractivity contribution >= 4 is 5.97 Å². The summed E-state index contributed by atoms with van der Waals surface area (Å²) in [6.07, 6.45) is 22.7. The number of fused-ring (bicyclic) bond motifs is 6. The Kier molecular flexibility index (Phi) is 17.3. The highest BCUT2D eigenvalue weighted by Gasteiger charge is 2.53. The fourth-order valence-electron chi connectivity index (χ4n) is 10.6. The number of hydrogen-bond acceptors (Lipinski definition) is 12. The lowest BCUT2D eigenvalue weighted by Gasteiger charge is -2.36. The molecule has 364 valence electrons. The maximum Gasteiger partial charge on any atom is 0.340 e. The number of aromatic nitrogens is 3. The first-order chi connectivity index (χ1) is 32.7. The number of aryl methyl sites for hydroxylation is 1. The standard InChI is InChI=1S/C54H73N3O10/c1-2-3-4-12-18-38(58)19-17-23-46(61)48-29-31-50(65-48)49-30-28-47(64-49)45(60)22-13-10-8-6-5-7-9-11-16-32-57-35-37(55-56-57)36-63-40-25-27-44-52(34-40)66-51-33-39(59)24-26-43(51)54(44)42-21-15-14-20-41(42)53(62)67-54/h14-15,20-21,24-27,33-35,38,45-50,58-61H,2-13,16-19,22-23,28-32,36H2,1H3/t38-,45+,46-,47-,48+,49+,50-,54?/m0/s1. The van der Waals surface area contributed by atoms with Gasteiger partial charge in [-0.25, -0.2) is 4.79 Å². The van der Waals surface area contributed by atoms with E-state index in [1.807, 2.05) is 41.2 Å². The van der Waals surface area contributed by atoms with E-state index in [2.05, 4.69) is 17.2 Å². The number of carbonyl (C=O) groups is 1. The molecule has 0 amide bonds. The number of unbranched alkanes of at least 4 members (excludes halogenated alkanes) is 11. The van der Waals surface area contributed by atoms with E-state index < -0.39 is 23.8 Å². The van der Waals surface area contributed by atoms with Crippen LogP contribution in [0.4, 0.5) is 0 Å². The molecular formula is C54H73N3O10. The van der Waals surface area contributed by atoms with Crippen LogP contribution in [0.3, 0.4) is 0 Å². The second kappa shape index (κ2) is 23.7. The Morgan fingerprint density at radius 1 is 0.701 bits per heavy atom. The molecule has 4 aromatic rings. The predicted molar refractivity (Wildman–Crippen MR) is 253 cm³/mol. The molecule has 2 fully saturated rings. The Balaban J connectivity index is 0.657. The molecule has 0 radical (unpaired) electrons. The molecule has 4 aliphatic rings. The van der Waals surface area contributed by atoms with Crippen LogP contribution >= 0.6 is 0 Å². The van der Waals surface area contributed by atoms with Gasteiger partial charge in [0.1, 0.15) is 35.3 Å². The molecule has 13 nitrogen and oxygen atoms in total. The van der Waals surface area contributed by atoms with Crippen LogP contribution in [0.2, 0.25) is 0 Å². The Bertz CT molecular complexity index is 2200. The van der Waals surface area contributed by atoms with Gasteiger partial charge in [0.05, 0.1) is 54.5 Å². The van der Waals surface area contributed by atoms with Crippen LogP contribution < -0.4 is 9.47 Å². The van der Waals surface area contributed by atoms with Crippen LogP contribution in [0.5, 0.6) is 23.0 Å². The summed E-state index contributed by atoms with van der Waals surface area (Å²) in [6.45, 7) is 3.22. The lowest BCUT2D eigenvalue weighted by Crippen LogP contribution is -2.33. The average Bonchev–Trinajstić information content (AvgIpc) is 4.17. The van der Waals surface area contributed by atoms with Crippen LogP contribution in [0.25, 0.3) is 0 Å². The molecule has 0 bridgehead atoms. The minimum Gasteiger partial charge on any atom is -0.508 e. The highest BCUT2D eigenvalue weighted by atomic mass is 16.6. The Morgan fingerprint density at radius 3 is 2.04 bits per heavy atom. The number of benzene rings is 3. The molecular weight excluding hydrogens is 851 g/mol. The second-order valence-corrected chi connectivity index (χ2v) is 19.4. The van der Waals surface area contributed by atoms with Gasteiger partial charge in [0.2, 0.25) is 0 Å². The van der Waals surface area contributed by atoms with Crippen molar-refractivity contribution in [2.45, 2.75) is 210 Å².